The van der Waals surface area contributed by atoms with E-state index in [1.54, 1.807) is 12.2 Å². The summed E-state index contributed by atoms with van der Waals surface area (Å²) in [5.74, 6) is -0.298. The van der Waals surface area contributed by atoms with E-state index in [-0.39, 0.29) is 30.1 Å². The van der Waals surface area contributed by atoms with Crippen molar-refractivity contribution in [1.29, 1.82) is 0 Å². The average Bonchev–Trinajstić information content (AvgIpc) is 3.62. The molecule has 0 amide bonds. The summed E-state index contributed by atoms with van der Waals surface area (Å²) in [6, 6.07) is 9.88. The average molecular weight is 588 g/mol. The summed E-state index contributed by atoms with van der Waals surface area (Å²) in [5, 5.41) is 31.6. The van der Waals surface area contributed by atoms with Gasteiger partial charge in [0.25, 0.3) is 0 Å². The number of aromatic nitrogens is 1. The highest BCUT2D eigenvalue weighted by molar-refractivity contribution is 6.01. The molecule has 8 heteroatoms. The van der Waals surface area contributed by atoms with Gasteiger partial charge in [-0.2, -0.15) is 0 Å². The second kappa shape index (κ2) is 10.1. The predicted molar refractivity (Wildman–Crippen MR) is 157 cm³/mol. The van der Waals surface area contributed by atoms with Crippen LogP contribution in [0.3, 0.4) is 0 Å². The molecule has 3 N–H and O–H groups in total. The number of benzene rings is 1. The highest BCUT2D eigenvalue weighted by atomic mass is 16.7. The number of ether oxygens (including phenoxy) is 2. The third-order valence-electron chi connectivity index (χ3n) is 11.8. The molecular formula is C35H41NO7. The molecule has 8 nitrogen and oxygen atoms in total. The molecule has 1 aromatic heterocycles. The van der Waals surface area contributed by atoms with Crippen LogP contribution in [0, 0.1) is 28.6 Å². The Balaban J connectivity index is 1.20. The van der Waals surface area contributed by atoms with Gasteiger partial charge in [-0.1, -0.05) is 49.8 Å². The van der Waals surface area contributed by atoms with Gasteiger partial charge in [0.2, 0.25) is 0 Å². The number of aliphatic hydroxyl groups excluding tert-OH is 3. The SMILES string of the molecule is Cn1cc([C@@H]2O[C@@H]3C[C@H]4[C@@H]5CCC6=CC(=O)C=C[C@]6(C)[C@H]5[C@@H](O)C[C@]4(C)[C@]3(C(=O)CO)O2)cc1Cc1cccc(CO)c1. The third-order valence-corrected chi connectivity index (χ3v) is 11.8. The van der Waals surface area contributed by atoms with E-state index in [0.29, 0.717) is 19.3 Å². The standard InChI is InChI=1S/C35H41NO7/c1-33-10-9-25(39)14-23(33)7-8-26-27-15-30-35(29(41)19-38,34(27,2)16-28(40)31(26)33)43-32(42-30)22-13-24(36(3)17-22)12-20-5-4-6-21(11-20)18-37/h4-6,9-11,13-14,17,26-28,30-32,37-38,40H,7-8,12,15-16,18-19H2,1-3H3/t26-,27-,28-,30+,31+,32+,33-,34-,35+/m0/s1. The molecule has 2 aromatic rings. The number of allylic oxidation sites excluding steroid dienone is 4. The minimum atomic E-state index is -1.37. The lowest BCUT2D eigenvalue weighted by molar-refractivity contribution is -0.201. The molecular weight excluding hydrogens is 546 g/mol. The van der Waals surface area contributed by atoms with E-state index in [1.807, 2.05) is 54.2 Å². The molecule has 4 aliphatic carbocycles. The lowest BCUT2D eigenvalue weighted by atomic mass is 9.46. The summed E-state index contributed by atoms with van der Waals surface area (Å²) in [7, 11) is 1.97. The molecule has 0 unspecified atom stereocenters. The molecule has 0 radical (unpaired) electrons. The topological polar surface area (TPSA) is 118 Å². The number of aliphatic hydroxyl groups is 3. The van der Waals surface area contributed by atoms with Gasteiger partial charge in [-0.15, -0.1) is 0 Å². The molecule has 0 spiro atoms. The van der Waals surface area contributed by atoms with Gasteiger partial charge in [0, 0.05) is 47.7 Å². The number of carbonyl (C=O) groups excluding carboxylic acids is 2. The van der Waals surface area contributed by atoms with Crippen molar-refractivity contribution in [1.82, 2.24) is 4.57 Å². The molecule has 2 heterocycles. The van der Waals surface area contributed by atoms with E-state index in [1.165, 1.54) is 0 Å². The van der Waals surface area contributed by atoms with Crippen LogP contribution in [-0.2, 0) is 39.1 Å². The van der Waals surface area contributed by atoms with Crippen molar-refractivity contribution in [3.8, 4) is 0 Å². The molecule has 1 aliphatic heterocycles. The Kier molecular flexibility index (Phi) is 6.76. The lowest BCUT2D eigenvalue weighted by Gasteiger charge is -2.59. The monoisotopic (exact) mass is 587 g/mol. The Hall–Kier alpha value is -2.88. The number of Topliss-reactive ketones (excluding diaryl/α,β-unsaturated/α-hetero) is 1. The number of rotatable bonds is 6. The fourth-order valence-electron chi connectivity index (χ4n) is 9.82. The summed E-state index contributed by atoms with van der Waals surface area (Å²) in [6.45, 7) is 3.51. The van der Waals surface area contributed by atoms with Crippen LogP contribution in [0.25, 0.3) is 0 Å². The van der Waals surface area contributed by atoms with Crippen molar-refractivity contribution in [2.75, 3.05) is 6.61 Å². The zero-order valence-corrected chi connectivity index (χ0v) is 25.0. The number of hydrogen-bond donors (Lipinski definition) is 3. The van der Waals surface area contributed by atoms with Gasteiger partial charge in [-0.3, -0.25) is 9.59 Å². The number of hydrogen-bond acceptors (Lipinski definition) is 7. The number of aryl methyl sites for hydroxylation is 1. The van der Waals surface area contributed by atoms with Crippen LogP contribution in [0.2, 0.25) is 0 Å². The van der Waals surface area contributed by atoms with Gasteiger partial charge >= 0.3 is 0 Å². The first-order chi connectivity index (χ1) is 20.5. The van der Waals surface area contributed by atoms with Gasteiger partial charge in [0.15, 0.2) is 23.5 Å². The molecule has 1 saturated heterocycles. The molecule has 0 bridgehead atoms. The van der Waals surface area contributed by atoms with Crippen LogP contribution in [-0.4, -0.2) is 55.9 Å². The number of fused-ring (bicyclic) bond motifs is 7. The van der Waals surface area contributed by atoms with Gasteiger partial charge in [-0.05, 0) is 66.9 Å². The minimum Gasteiger partial charge on any atom is -0.393 e. The predicted octanol–water partition coefficient (Wildman–Crippen LogP) is 3.71. The number of carbonyl (C=O) groups is 2. The van der Waals surface area contributed by atoms with E-state index in [4.69, 9.17) is 9.47 Å². The van der Waals surface area contributed by atoms with E-state index in [2.05, 4.69) is 13.8 Å². The second-order valence-corrected chi connectivity index (χ2v) is 13.9. The summed E-state index contributed by atoms with van der Waals surface area (Å²) in [4.78, 5) is 26.0. The van der Waals surface area contributed by atoms with Crippen molar-refractivity contribution < 1.29 is 34.4 Å². The molecule has 5 aliphatic rings. The Morgan fingerprint density at radius 3 is 2.72 bits per heavy atom. The Morgan fingerprint density at radius 2 is 1.95 bits per heavy atom. The Labute approximate surface area is 252 Å². The fraction of sp³-hybridized carbons (Fsp3) is 0.543. The maximum Gasteiger partial charge on any atom is 0.193 e. The molecule has 228 valence electrons. The summed E-state index contributed by atoms with van der Waals surface area (Å²) >= 11 is 0. The molecule has 4 fully saturated rings. The highest BCUT2D eigenvalue weighted by Crippen LogP contribution is 2.70. The number of ketones is 2. The first-order valence-corrected chi connectivity index (χ1v) is 15.5. The van der Waals surface area contributed by atoms with Gasteiger partial charge in [0.1, 0.15) is 6.61 Å². The van der Waals surface area contributed by atoms with Crippen LogP contribution >= 0.6 is 0 Å². The van der Waals surface area contributed by atoms with Crippen molar-refractivity contribution in [2.24, 2.45) is 35.6 Å². The van der Waals surface area contributed by atoms with Crippen molar-refractivity contribution >= 4 is 11.6 Å². The first kappa shape index (κ1) is 28.9. The minimum absolute atomic E-state index is 0.000421. The number of nitrogens with zero attached hydrogens (tertiary/aromatic N) is 1. The van der Waals surface area contributed by atoms with Gasteiger partial charge in [-0.25, -0.2) is 0 Å². The summed E-state index contributed by atoms with van der Waals surface area (Å²) in [6.07, 6.45) is 8.50. The van der Waals surface area contributed by atoms with Crippen LogP contribution in [0.5, 0.6) is 0 Å². The van der Waals surface area contributed by atoms with Gasteiger partial charge < -0.3 is 29.4 Å². The fourth-order valence-corrected chi connectivity index (χ4v) is 9.82. The first-order valence-electron chi connectivity index (χ1n) is 15.5. The third kappa shape index (κ3) is 4.07. The van der Waals surface area contributed by atoms with E-state index < -0.39 is 47.3 Å². The zero-order valence-electron chi connectivity index (χ0n) is 25.0. The van der Waals surface area contributed by atoms with Crippen LogP contribution < -0.4 is 0 Å². The lowest BCUT2D eigenvalue weighted by Crippen LogP contribution is -2.63. The van der Waals surface area contributed by atoms with Crippen LogP contribution in [0.1, 0.15) is 68.2 Å². The normalized spacial score (nSPS) is 39.6. The van der Waals surface area contributed by atoms with Crippen LogP contribution in [0.4, 0.5) is 0 Å². The van der Waals surface area contributed by atoms with E-state index in [9.17, 15) is 24.9 Å². The van der Waals surface area contributed by atoms with E-state index in [0.717, 1.165) is 40.8 Å². The van der Waals surface area contributed by atoms with E-state index >= 15 is 0 Å². The maximum absolute atomic E-state index is 13.8. The highest BCUT2D eigenvalue weighted by Gasteiger charge is 2.75. The van der Waals surface area contributed by atoms with Gasteiger partial charge in [0.05, 0.1) is 18.8 Å². The van der Waals surface area contributed by atoms with Crippen molar-refractivity contribution in [3.63, 3.8) is 0 Å². The molecule has 43 heavy (non-hydrogen) atoms. The van der Waals surface area contributed by atoms with Crippen LogP contribution in [0.15, 0.2) is 60.3 Å². The maximum atomic E-state index is 13.8. The largest absolute Gasteiger partial charge is 0.393 e. The summed E-state index contributed by atoms with van der Waals surface area (Å²) < 4.78 is 15.4. The molecule has 3 saturated carbocycles. The molecule has 7 rings (SSSR count). The smallest absolute Gasteiger partial charge is 0.193 e. The second-order valence-electron chi connectivity index (χ2n) is 13.9. The van der Waals surface area contributed by atoms with Crippen molar-refractivity contribution in [3.05, 3.63) is 82.7 Å². The Bertz CT molecular complexity index is 1540. The van der Waals surface area contributed by atoms with Crippen molar-refractivity contribution in [2.45, 2.75) is 76.7 Å². The zero-order chi connectivity index (χ0) is 30.3. The quantitative estimate of drug-likeness (QED) is 0.472. The molecule has 9 atom stereocenters. The summed E-state index contributed by atoms with van der Waals surface area (Å²) in [5.41, 5.74) is 2.35. The Morgan fingerprint density at radius 1 is 1.16 bits per heavy atom. The molecule has 1 aromatic carbocycles.